The monoisotopic (exact) mass is 418 g/mol. The quantitative estimate of drug-likeness (QED) is 0.462. The highest BCUT2D eigenvalue weighted by atomic mass is 16.3. The third kappa shape index (κ3) is 2.87. The van der Waals surface area contributed by atoms with Gasteiger partial charge in [0.25, 0.3) is 0 Å². The van der Waals surface area contributed by atoms with Gasteiger partial charge in [-0.25, -0.2) is 9.67 Å². The topological polar surface area (TPSA) is 81.1 Å². The van der Waals surface area contributed by atoms with E-state index in [-0.39, 0.29) is 6.61 Å². The first-order chi connectivity index (χ1) is 15.8. The average molecular weight is 418 g/mol. The summed E-state index contributed by atoms with van der Waals surface area (Å²) in [6.07, 6.45) is 0. The van der Waals surface area contributed by atoms with E-state index in [1.807, 2.05) is 95.4 Å². The first kappa shape index (κ1) is 18.4. The summed E-state index contributed by atoms with van der Waals surface area (Å²) >= 11 is 0. The smallest absolute Gasteiger partial charge is 0.189 e. The van der Waals surface area contributed by atoms with E-state index < -0.39 is 0 Å². The Hall–Kier alpha value is -4.36. The molecule has 0 aliphatic carbocycles. The summed E-state index contributed by atoms with van der Waals surface area (Å²) in [7, 11) is 0. The van der Waals surface area contributed by atoms with Gasteiger partial charge in [0.05, 0.1) is 29.0 Å². The maximum absolute atomic E-state index is 9.96. The molecule has 0 amide bonds. The molecule has 0 unspecified atom stereocenters. The van der Waals surface area contributed by atoms with Gasteiger partial charge in [-0.05, 0) is 30.3 Å². The van der Waals surface area contributed by atoms with Gasteiger partial charge in [0.2, 0.25) is 0 Å². The molecule has 3 heterocycles. The zero-order valence-corrected chi connectivity index (χ0v) is 17.0. The summed E-state index contributed by atoms with van der Waals surface area (Å²) in [4.78, 5) is 4.88. The van der Waals surface area contributed by atoms with Gasteiger partial charge in [0, 0.05) is 5.56 Å². The van der Waals surface area contributed by atoms with Crippen LogP contribution in [-0.4, -0.2) is 34.5 Å². The van der Waals surface area contributed by atoms with E-state index in [2.05, 4.69) is 10.2 Å². The third-order valence-corrected chi connectivity index (χ3v) is 5.45. The van der Waals surface area contributed by atoms with Crippen molar-refractivity contribution in [1.29, 1.82) is 0 Å². The summed E-state index contributed by atoms with van der Waals surface area (Å²) < 4.78 is 3.75. The van der Waals surface area contributed by atoms with Crippen molar-refractivity contribution in [3.63, 3.8) is 0 Å². The Balaban J connectivity index is 1.64. The van der Waals surface area contributed by atoms with Gasteiger partial charge < -0.3 is 5.11 Å². The molecule has 0 saturated carbocycles. The van der Waals surface area contributed by atoms with Crippen LogP contribution in [0.2, 0.25) is 0 Å². The molecule has 0 aliphatic rings. The van der Waals surface area contributed by atoms with Crippen molar-refractivity contribution in [1.82, 2.24) is 29.4 Å². The van der Waals surface area contributed by atoms with Gasteiger partial charge in [-0.1, -0.05) is 60.7 Å². The highest BCUT2D eigenvalue weighted by molar-refractivity contribution is 5.87. The molecule has 0 saturated heterocycles. The minimum absolute atomic E-state index is 0.145. The number of aliphatic hydroxyl groups excluding tert-OH is 1. The number of nitrogens with zero attached hydrogens (tertiary/aromatic N) is 6. The summed E-state index contributed by atoms with van der Waals surface area (Å²) in [5.41, 5.74) is 6.08. The molecule has 0 radical (unpaired) electrons. The number of hydrogen-bond donors (Lipinski definition) is 1. The van der Waals surface area contributed by atoms with Crippen molar-refractivity contribution >= 4 is 16.7 Å². The number of aliphatic hydroxyl groups is 1. The normalized spacial score (nSPS) is 11.4. The minimum atomic E-state index is -0.145. The lowest BCUT2D eigenvalue weighted by Crippen LogP contribution is -2.02. The van der Waals surface area contributed by atoms with Crippen molar-refractivity contribution in [3.8, 4) is 28.5 Å². The van der Waals surface area contributed by atoms with Gasteiger partial charge >= 0.3 is 0 Å². The number of para-hydroxylation sites is 3. The largest absolute Gasteiger partial charge is 0.390 e. The second-order valence-corrected chi connectivity index (χ2v) is 7.42. The van der Waals surface area contributed by atoms with Crippen LogP contribution in [0.25, 0.3) is 45.1 Å². The van der Waals surface area contributed by atoms with Crippen LogP contribution in [0.3, 0.4) is 0 Å². The molecule has 6 rings (SSSR count). The van der Waals surface area contributed by atoms with Gasteiger partial charge in [0.1, 0.15) is 11.4 Å². The molecule has 0 aliphatic heterocycles. The summed E-state index contributed by atoms with van der Waals surface area (Å²) in [6, 6.07) is 29.5. The molecule has 6 aromatic rings. The summed E-state index contributed by atoms with van der Waals surface area (Å²) in [6.45, 7) is -0.145. The lowest BCUT2D eigenvalue weighted by atomic mass is 10.2. The van der Waals surface area contributed by atoms with E-state index in [1.54, 1.807) is 4.68 Å². The number of hydrogen-bond acceptors (Lipinski definition) is 5. The molecule has 3 aromatic heterocycles. The van der Waals surface area contributed by atoms with Crippen LogP contribution in [-0.2, 0) is 6.61 Å². The molecule has 7 nitrogen and oxygen atoms in total. The Morgan fingerprint density at radius 3 is 2.28 bits per heavy atom. The van der Waals surface area contributed by atoms with Gasteiger partial charge in [-0.3, -0.25) is 4.40 Å². The van der Waals surface area contributed by atoms with Gasteiger partial charge in [-0.2, -0.15) is 5.10 Å². The maximum Gasteiger partial charge on any atom is 0.189 e. The van der Waals surface area contributed by atoms with Gasteiger partial charge in [0.15, 0.2) is 11.5 Å². The fourth-order valence-corrected chi connectivity index (χ4v) is 3.97. The standard InChI is InChI=1S/C25H18N6O/c32-16-19-15-21(29-31(19)18-11-5-2-6-12-18)23-25-28-27-24(17-9-3-1-4-10-17)30(25)22-14-8-7-13-20(22)26-23/h1-15,32H,16H2. The second kappa shape index (κ2) is 7.40. The molecule has 0 bridgehead atoms. The molecule has 0 atom stereocenters. The van der Waals surface area contributed by atoms with E-state index in [0.29, 0.717) is 22.7 Å². The van der Waals surface area contributed by atoms with Crippen LogP contribution in [0.15, 0.2) is 91.0 Å². The summed E-state index contributed by atoms with van der Waals surface area (Å²) in [5, 5.41) is 23.7. The Morgan fingerprint density at radius 1 is 0.781 bits per heavy atom. The van der Waals surface area contributed by atoms with E-state index in [1.165, 1.54) is 0 Å². The molecular formula is C25H18N6O. The lowest BCUT2D eigenvalue weighted by Gasteiger charge is -2.07. The molecule has 154 valence electrons. The van der Waals surface area contributed by atoms with Crippen molar-refractivity contribution in [2.75, 3.05) is 0 Å². The van der Waals surface area contributed by atoms with Crippen LogP contribution < -0.4 is 0 Å². The Bertz CT molecular complexity index is 1550. The SMILES string of the molecule is OCc1cc(-c2nc3ccccc3n3c(-c4ccccc4)nnc23)nn1-c1ccccc1. The summed E-state index contributed by atoms with van der Waals surface area (Å²) in [5.74, 6) is 0.741. The maximum atomic E-state index is 9.96. The highest BCUT2D eigenvalue weighted by Gasteiger charge is 2.20. The molecule has 0 spiro atoms. The Labute approximate surface area is 183 Å². The number of fused-ring (bicyclic) bond motifs is 3. The third-order valence-electron chi connectivity index (χ3n) is 5.45. The molecule has 1 N–H and O–H groups in total. The molecular weight excluding hydrogens is 400 g/mol. The second-order valence-electron chi connectivity index (χ2n) is 7.42. The van der Waals surface area contributed by atoms with Crippen molar-refractivity contribution in [3.05, 3.63) is 96.7 Å². The van der Waals surface area contributed by atoms with E-state index in [4.69, 9.17) is 10.1 Å². The van der Waals surface area contributed by atoms with E-state index in [9.17, 15) is 5.11 Å². The van der Waals surface area contributed by atoms with Crippen molar-refractivity contribution in [2.24, 2.45) is 0 Å². The number of aromatic nitrogens is 6. The van der Waals surface area contributed by atoms with Crippen molar-refractivity contribution < 1.29 is 5.11 Å². The van der Waals surface area contributed by atoms with Crippen LogP contribution in [0.4, 0.5) is 0 Å². The predicted molar refractivity (Wildman–Crippen MR) is 122 cm³/mol. The van der Waals surface area contributed by atoms with E-state index in [0.717, 1.165) is 28.1 Å². The molecule has 0 fully saturated rings. The van der Waals surface area contributed by atoms with Crippen LogP contribution in [0, 0.1) is 0 Å². The molecule has 3 aromatic carbocycles. The van der Waals surface area contributed by atoms with E-state index >= 15 is 0 Å². The zero-order valence-electron chi connectivity index (χ0n) is 17.0. The first-order valence-corrected chi connectivity index (χ1v) is 10.3. The Kier molecular flexibility index (Phi) is 4.26. The Morgan fingerprint density at radius 2 is 1.50 bits per heavy atom. The van der Waals surface area contributed by atoms with Crippen molar-refractivity contribution in [2.45, 2.75) is 6.61 Å². The predicted octanol–water partition coefficient (Wildman–Crippen LogP) is 4.29. The number of benzene rings is 3. The zero-order chi connectivity index (χ0) is 21.5. The first-order valence-electron chi connectivity index (χ1n) is 10.3. The lowest BCUT2D eigenvalue weighted by molar-refractivity contribution is 0.273. The van der Waals surface area contributed by atoms with Crippen LogP contribution in [0.1, 0.15) is 5.69 Å². The van der Waals surface area contributed by atoms with Gasteiger partial charge in [-0.15, -0.1) is 10.2 Å². The molecule has 32 heavy (non-hydrogen) atoms. The van der Waals surface area contributed by atoms with Crippen LogP contribution in [0.5, 0.6) is 0 Å². The highest BCUT2D eigenvalue weighted by Crippen LogP contribution is 2.30. The fourth-order valence-electron chi connectivity index (χ4n) is 3.97. The van der Waals surface area contributed by atoms with Crippen LogP contribution >= 0.6 is 0 Å². The fraction of sp³-hybridized carbons (Fsp3) is 0.0400. The number of rotatable bonds is 4. The minimum Gasteiger partial charge on any atom is -0.390 e. The average Bonchev–Trinajstić information content (AvgIpc) is 3.50. The molecule has 7 heteroatoms.